The average Bonchev–Trinajstić information content (AvgIpc) is 2.54. The SMILES string of the molecule is COc1cc2[nH]c(C)c(C)c2c(C)c1OC. The highest BCUT2D eigenvalue weighted by molar-refractivity contribution is 5.91. The maximum absolute atomic E-state index is 5.40. The number of aromatic amines is 1. The van der Waals surface area contributed by atoms with Crippen molar-refractivity contribution in [3.05, 3.63) is 22.9 Å². The maximum Gasteiger partial charge on any atom is 0.164 e. The van der Waals surface area contributed by atoms with Crippen LogP contribution in [0, 0.1) is 20.8 Å². The number of hydrogen-bond donors (Lipinski definition) is 1. The molecule has 0 saturated carbocycles. The first-order chi connectivity index (χ1) is 7.60. The van der Waals surface area contributed by atoms with Gasteiger partial charge in [0, 0.05) is 22.7 Å². The molecule has 86 valence electrons. The molecule has 3 heteroatoms. The summed E-state index contributed by atoms with van der Waals surface area (Å²) >= 11 is 0. The van der Waals surface area contributed by atoms with Crippen LogP contribution in [0.3, 0.4) is 0 Å². The molecule has 0 amide bonds. The number of nitrogens with one attached hydrogen (secondary N) is 1. The van der Waals surface area contributed by atoms with Crippen molar-refractivity contribution in [2.75, 3.05) is 14.2 Å². The lowest BCUT2D eigenvalue weighted by Gasteiger charge is -2.11. The van der Waals surface area contributed by atoms with Crippen molar-refractivity contribution >= 4 is 10.9 Å². The van der Waals surface area contributed by atoms with E-state index in [1.54, 1.807) is 14.2 Å². The number of aromatic nitrogens is 1. The summed E-state index contributed by atoms with van der Waals surface area (Å²) in [7, 11) is 3.33. The Bertz CT molecular complexity index is 541. The molecule has 0 radical (unpaired) electrons. The molecule has 0 aliphatic carbocycles. The minimum atomic E-state index is 0.772. The largest absolute Gasteiger partial charge is 0.493 e. The summed E-state index contributed by atoms with van der Waals surface area (Å²) in [6.07, 6.45) is 0. The van der Waals surface area contributed by atoms with Gasteiger partial charge >= 0.3 is 0 Å². The van der Waals surface area contributed by atoms with Gasteiger partial charge in [-0.05, 0) is 26.3 Å². The molecular weight excluding hydrogens is 202 g/mol. The Morgan fingerprint density at radius 2 is 1.69 bits per heavy atom. The molecule has 2 aromatic rings. The van der Waals surface area contributed by atoms with Crippen LogP contribution in [0.4, 0.5) is 0 Å². The van der Waals surface area contributed by atoms with E-state index in [9.17, 15) is 0 Å². The predicted molar refractivity (Wildman–Crippen MR) is 65.6 cm³/mol. The van der Waals surface area contributed by atoms with E-state index >= 15 is 0 Å². The van der Waals surface area contributed by atoms with E-state index in [0.29, 0.717) is 0 Å². The Hall–Kier alpha value is -1.64. The second-order valence-corrected chi connectivity index (χ2v) is 4.03. The number of rotatable bonds is 2. The van der Waals surface area contributed by atoms with Gasteiger partial charge < -0.3 is 14.5 Å². The van der Waals surface area contributed by atoms with Gasteiger partial charge in [0.2, 0.25) is 0 Å². The molecular formula is C13H17NO2. The number of hydrogen-bond acceptors (Lipinski definition) is 2. The molecule has 0 bridgehead atoms. The third-order valence-corrected chi connectivity index (χ3v) is 3.17. The highest BCUT2D eigenvalue weighted by Gasteiger charge is 2.15. The van der Waals surface area contributed by atoms with Gasteiger partial charge in [0.05, 0.1) is 19.7 Å². The quantitative estimate of drug-likeness (QED) is 0.842. The molecule has 0 atom stereocenters. The second-order valence-electron chi connectivity index (χ2n) is 4.03. The van der Waals surface area contributed by atoms with Gasteiger partial charge in [-0.15, -0.1) is 0 Å². The van der Waals surface area contributed by atoms with Crippen molar-refractivity contribution < 1.29 is 9.47 Å². The van der Waals surface area contributed by atoms with Gasteiger partial charge in [0.15, 0.2) is 11.5 Å². The molecule has 16 heavy (non-hydrogen) atoms. The lowest BCUT2D eigenvalue weighted by atomic mass is 10.1. The Morgan fingerprint density at radius 3 is 2.25 bits per heavy atom. The fourth-order valence-corrected chi connectivity index (χ4v) is 2.24. The van der Waals surface area contributed by atoms with Gasteiger partial charge in [0.1, 0.15) is 0 Å². The highest BCUT2D eigenvalue weighted by atomic mass is 16.5. The first-order valence-corrected chi connectivity index (χ1v) is 5.30. The standard InChI is InChI=1S/C13H17NO2/c1-7-9(3)14-10-6-11(15-4)13(16-5)8(2)12(7)10/h6,14H,1-5H3. The van der Waals surface area contributed by atoms with Crippen LogP contribution in [-0.2, 0) is 0 Å². The number of methoxy groups -OCH3 is 2. The zero-order valence-corrected chi connectivity index (χ0v) is 10.4. The fourth-order valence-electron chi connectivity index (χ4n) is 2.24. The zero-order valence-electron chi connectivity index (χ0n) is 10.4. The summed E-state index contributed by atoms with van der Waals surface area (Å²) in [6, 6.07) is 1.99. The number of ether oxygens (including phenoxy) is 2. The number of benzene rings is 1. The van der Waals surface area contributed by atoms with Crippen molar-refractivity contribution in [1.29, 1.82) is 0 Å². The Kier molecular flexibility index (Phi) is 2.54. The topological polar surface area (TPSA) is 34.2 Å². The van der Waals surface area contributed by atoms with E-state index in [2.05, 4.69) is 25.8 Å². The Balaban J connectivity index is 2.88. The molecule has 1 aromatic carbocycles. The summed E-state index contributed by atoms with van der Waals surface area (Å²) in [6.45, 7) is 6.25. The summed E-state index contributed by atoms with van der Waals surface area (Å²) in [4.78, 5) is 3.36. The minimum Gasteiger partial charge on any atom is -0.493 e. The normalized spacial score (nSPS) is 10.8. The fraction of sp³-hybridized carbons (Fsp3) is 0.385. The number of aryl methyl sites for hydroxylation is 3. The molecule has 2 rings (SSSR count). The number of fused-ring (bicyclic) bond motifs is 1. The van der Waals surface area contributed by atoms with Gasteiger partial charge in [-0.2, -0.15) is 0 Å². The summed E-state index contributed by atoms with van der Waals surface area (Å²) < 4.78 is 10.7. The second kappa shape index (κ2) is 3.74. The summed E-state index contributed by atoms with van der Waals surface area (Å²) in [5.74, 6) is 1.59. The van der Waals surface area contributed by atoms with Crippen molar-refractivity contribution in [3.63, 3.8) is 0 Å². The van der Waals surface area contributed by atoms with E-state index in [4.69, 9.17) is 9.47 Å². The van der Waals surface area contributed by atoms with Crippen molar-refractivity contribution in [1.82, 2.24) is 4.98 Å². The number of H-pyrrole nitrogens is 1. The summed E-state index contributed by atoms with van der Waals surface area (Å²) in [5, 5.41) is 1.23. The zero-order chi connectivity index (χ0) is 11.9. The first-order valence-electron chi connectivity index (χ1n) is 5.30. The van der Waals surface area contributed by atoms with E-state index in [-0.39, 0.29) is 0 Å². The smallest absolute Gasteiger partial charge is 0.164 e. The van der Waals surface area contributed by atoms with E-state index < -0.39 is 0 Å². The van der Waals surface area contributed by atoms with Crippen LogP contribution >= 0.6 is 0 Å². The van der Waals surface area contributed by atoms with Gasteiger partial charge in [-0.25, -0.2) is 0 Å². The van der Waals surface area contributed by atoms with Crippen molar-refractivity contribution in [2.24, 2.45) is 0 Å². The molecule has 1 aromatic heterocycles. The summed E-state index contributed by atoms with van der Waals surface area (Å²) in [5.41, 5.74) is 4.69. The van der Waals surface area contributed by atoms with E-state index in [0.717, 1.165) is 22.6 Å². The molecule has 0 unspecified atom stereocenters. The Morgan fingerprint density at radius 1 is 1.00 bits per heavy atom. The van der Waals surface area contributed by atoms with Crippen molar-refractivity contribution in [2.45, 2.75) is 20.8 Å². The maximum atomic E-state index is 5.40. The first kappa shape index (κ1) is 10.9. The van der Waals surface area contributed by atoms with Crippen LogP contribution in [0.25, 0.3) is 10.9 Å². The van der Waals surface area contributed by atoms with Crippen LogP contribution in [0.5, 0.6) is 11.5 Å². The monoisotopic (exact) mass is 219 g/mol. The predicted octanol–water partition coefficient (Wildman–Crippen LogP) is 3.11. The molecule has 0 aliphatic heterocycles. The van der Waals surface area contributed by atoms with Crippen LogP contribution in [-0.4, -0.2) is 19.2 Å². The molecule has 0 spiro atoms. The molecule has 1 heterocycles. The Labute approximate surface area is 95.4 Å². The molecule has 1 N–H and O–H groups in total. The van der Waals surface area contributed by atoms with Gasteiger partial charge in [-0.3, -0.25) is 0 Å². The van der Waals surface area contributed by atoms with Crippen LogP contribution < -0.4 is 9.47 Å². The molecule has 0 saturated heterocycles. The minimum absolute atomic E-state index is 0.772. The van der Waals surface area contributed by atoms with Gasteiger partial charge in [-0.1, -0.05) is 0 Å². The van der Waals surface area contributed by atoms with Crippen LogP contribution in [0.2, 0.25) is 0 Å². The van der Waals surface area contributed by atoms with E-state index in [1.165, 1.54) is 16.6 Å². The lowest BCUT2D eigenvalue weighted by molar-refractivity contribution is 0.354. The third kappa shape index (κ3) is 1.35. The van der Waals surface area contributed by atoms with Crippen LogP contribution in [0.1, 0.15) is 16.8 Å². The van der Waals surface area contributed by atoms with E-state index in [1.807, 2.05) is 6.07 Å². The highest BCUT2D eigenvalue weighted by Crippen LogP contribution is 2.38. The average molecular weight is 219 g/mol. The third-order valence-electron chi connectivity index (χ3n) is 3.17. The molecule has 0 fully saturated rings. The van der Waals surface area contributed by atoms with Crippen molar-refractivity contribution in [3.8, 4) is 11.5 Å². The van der Waals surface area contributed by atoms with Crippen LogP contribution in [0.15, 0.2) is 6.07 Å². The van der Waals surface area contributed by atoms with Gasteiger partial charge in [0.25, 0.3) is 0 Å². The molecule has 3 nitrogen and oxygen atoms in total. The lowest BCUT2D eigenvalue weighted by Crippen LogP contribution is -1.94. The molecule has 0 aliphatic rings.